The molecule has 1 saturated heterocycles. The average molecular weight is 143 g/mol. The summed E-state index contributed by atoms with van der Waals surface area (Å²) in [4.78, 5) is 13.2. The smallest absolute Gasteiger partial charge is 0.211 e. The van der Waals surface area contributed by atoms with Crippen LogP contribution in [0.5, 0.6) is 0 Å². The molecular formula is C6H9NOS. The second kappa shape index (κ2) is 3.70. The van der Waals surface area contributed by atoms with Gasteiger partial charge in [-0.3, -0.25) is 0 Å². The number of hydrogen-bond donors (Lipinski definition) is 0. The molecule has 1 rings (SSSR count). The fourth-order valence-electron chi connectivity index (χ4n) is 0.927. The predicted molar refractivity (Wildman–Crippen MR) is 38.5 cm³/mol. The van der Waals surface area contributed by atoms with E-state index in [-0.39, 0.29) is 0 Å². The minimum absolute atomic E-state index is 0.603. The summed E-state index contributed by atoms with van der Waals surface area (Å²) >= 11 is 1.91. The highest BCUT2D eigenvalue weighted by molar-refractivity contribution is 8.00. The highest BCUT2D eigenvalue weighted by Crippen LogP contribution is 2.25. The van der Waals surface area contributed by atoms with E-state index in [1.807, 2.05) is 11.8 Å². The van der Waals surface area contributed by atoms with Crippen molar-refractivity contribution < 1.29 is 4.79 Å². The SMILES string of the molecule is O=C=NCC1CCCS1. The van der Waals surface area contributed by atoms with Crippen LogP contribution in [0.4, 0.5) is 0 Å². The van der Waals surface area contributed by atoms with E-state index in [1.165, 1.54) is 18.6 Å². The Labute approximate surface area is 58.7 Å². The largest absolute Gasteiger partial charge is 0.234 e. The molecule has 9 heavy (non-hydrogen) atoms. The van der Waals surface area contributed by atoms with Crippen LogP contribution in [0.2, 0.25) is 0 Å². The van der Waals surface area contributed by atoms with Gasteiger partial charge in [-0.25, -0.2) is 9.79 Å². The minimum Gasteiger partial charge on any atom is -0.211 e. The lowest BCUT2D eigenvalue weighted by Gasteiger charge is -1.98. The van der Waals surface area contributed by atoms with Gasteiger partial charge in [0.2, 0.25) is 6.08 Å². The zero-order valence-electron chi connectivity index (χ0n) is 5.17. The summed E-state index contributed by atoms with van der Waals surface area (Å²) in [7, 11) is 0. The third-order valence-electron chi connectivity index (χ3n) is 1.38. The maximum absolute atomic E-state index is 9.66. The van der Waals surface area contributed by atoms with E-state index >= 15 is 0 Å². The first-order valence-corrected chi connectivity index (χ1v) is 4.13. The molecule has 2 nitrogen and oxygen atoms in total. The second-order valence-corrected chi connectivity index (χ2v) is 3.48. The van der Waals surface area contributed by atoms with Crippen molar-refractivity contribution >= 4 is 17.8 Å². The molecule has 0 radical (unpaired) electrons. The van der Waals surface area contributed by atoms with Crippen molar-refractivity contribution in [3.63, 3.8) is 0 Å². The Morgan fingerprint density at radius 3 is 3.22 bits per heavy atom. The Kier molecular flexibility index (Phi) is 2.81. The monoisotopic (exact) mass is 143 g/mol. The molecule has 0 amide bonds. The van der Waals surface area contributed by atoms with Crippen molar-refractivity contribution in [2.75, 3.05) is 12.3 Å². The molecule has 0 aliphatic carbocycles. The molecule has 1 fully saturated rings. The third kappa shape index (κ3) is 2.20. The molecule has 0 bridgehead atoms. The predicted octanol–water partition coefficient (Wildman–Crippen LogP) is 1.22. The van der Waals surface area contributed by atoms with Gasteiger partial charge in [-0.1, -0.05) is 0 Å². The van der Waals surface area contributed by atoms with E-state index in [1.54, 1.807) is 6.08 Å². The first-order chi connectivity index (χ1) is 4.43. The fraction of sp³-hybridized carbons (Fsp3) is 0.833. The molecule has 1 aliphatic heterocycles. The Hall–Kier alpha value is -0.270. The zero-order chi connectivity index (χ0) is 6.53. The molecule has 0 N–H and O–H groups in total. The second-order valence-electron chi connectivity index (χ2n) is 2.07. The van der Waals surface area contributed by atoms with E-state index in [0.29, 0.717) is 11.8 Å². The van der Waals surface area contributed by atoms with Gasteiger partial charge in [0, 0.05) is 5.25 Å². The summed E-state index contributed by atoms with van der Waals surface area (Å²) in [5, 5.41) is 0.603. The average Bonchev–Trinajstić information content (AvgIpc) is 2.34. The van der Waals surface area contributed by atoms with Crippen LogP contribution in [0.25, 0.3) is 0 Å². The van der Waals surface area contributed by atoms with Crippen LogP contribution in [0.15, 0.2) is 4.99 Å². The van der Waals surface area contributed by atoms with Gasteiger partial charge in [-0.2, -0.15) is 11.8 Å². The van der Waals surface area contributed by atoms with Crippen LogP contribution < -0.4 is 0 Å². The highest BCUT2D eigenvalue weighted by atomic mass is 32.2. The van der Waals surface area contributed by atoms with Crippen molar-refractivity contribution in [3.05, 3.63) is 0 Å². The molecule has 1 atom stereocenters. The summed E-state index contributed by atoms with van der Waals surface area (Å²) in [6.07, 6.45) is 4.06. The van der Waals surface area contributed by atoms with Crippen molar-refractivity contribution in [3.8, 4) is 0 Å². The van der Waals surface area contributed by atoms with Crippen molar-refractivity contribution in [2.24, 2.45) is 4.99 Å². The fourth-order valence-corrected chi connectivity index (χ4v) is 2.11. The third-order valence-corrected chi connectivity index (χ3v) is 2.76. The van der Waals surface area contributed by atoms with Crippen molar-refractivity contribution in [1.29, 1.82) is 0 Å². The van der Waals surface area contributed by atoms with E-state index in [9.17, 15) is 4.79 Å². The normalized spacial score (nSPS) is 25.6. The molecule has 0 spiro atoms. The summed E-state index contributed by atoms with van der Waals surface area (Å²) in [5.41, 5.74) is 0. The quantitative estimate of drug-likeness (QED) is 0.429. The molecular weight excluding hydrogens is 134 g/mol. The maximum atomic E-state index is 9.66. The minimum atomic E-state index is 0.603. The first kappa shape index (κ1) is 6.84. The molecule has 1 unspecified atom stereocenters. The van der Waals surface area contributed by atoms with Crippen LogP contribution in [-0.4, -0.2) is 23.6 Å². The van der Waals surface area contributed by atoms with Crippen LogP contribution in [0.3, 0.4) is 0 Å². The van der Waals surface area contributed by atoms with E-state index < -0.39 is 0 Å². The van der Waals surface area contributed by atoms with Crippen molar-refractivity contribution in [1.82, 2.24) is 0 Å². The Balaban J connectivity index is 2.18. The number of thioether (sulfide) groups is 1. The van der Waals surface area contributed by atoms with Gasteiger partial charge in [0.1, 0.15) is 0 Å². The topological polar surface area (TPSA) is 29.4 Å². The Morgan fingerprint density at radius 2 is 2.67 bits per heavy atom. The number of hydrogen-bond acceptors (Lipinski definition) is 3. The van der Waals surface area contributed by atoms with E-state index in [0.717, 1.165) is 0 Å². The number of nitrogens with zero attached hydrogens (tertiary/aromatic N) is 1. The molecule has 0 aromatic heterocycles. The molecule has 3 heteroatoms. The van der Waals surface area contributed by atoms with Gasteiger partial charge in [0.05, 0.1) is 6.54 Å². The Bertz CT molecular complexity index is 125. The van der Waals surface area contributed by atoms with Gasteiger partial charge < -0.3 is 0 Å². The molecule has 1 heterocycles. The summed E-state index contributed by atoms with van der Waals surface area (Å²) < 4.78 is 0. The van der Waals surface area contributed by atoms with Crippen molar-refractivity contribution in [2.45, 2.75) is 18.1 Å². The lowest BCUT2D eigenvalue weighted by Crippen LogP contribution is -1.99. The molecule has 0 aromatic carbocycles. The molecule has 0 aromatic rings. The summed E-state index contributed by atoms with van der Waals surface area (Å²) in [6.45, 7) is 0.675. The van der Waals surface area contributed by atoms with Gasteiger partial charge in [0.25, 0.3) is 0 Å². The van der Waals surface area contributed by atoms with Gasteiger partial charge in [-0.15, -0.1) is 0 Å². The molecule has 0 saturated carbocycles. The first-order valence-electron chi connectivity index (χ1n) is 3.08. The van der Waals surface area contributed by atoms with Gasteiger partial charge in [-0.05, 0) is 18.6 Å². The number of carbonyl (C=O) groups excluding carboxylic acids is 1. The van der Waals surface area contributed by atoms with Gasteiger partial charge >= 0.3 is 0 Å². The van der Waals surface area contributed by atoms with Crippen LogP contribution >= 0.6 is 11.8 Å². The molecule has 1 aliphatic rings. The molecule has 50 valence electrons. The van der Waals surface area contributed by atoms with Crippen LogP contribution in [0, 0.1) is 0 Å². The number of rotatable bonds is 2. The standard InChI is InChI=1S/C6H9NOS/c8-5-7-4-6-2-1-3-9-6/h6H,1-4H2. The Morgan fingerprint density at radius 1 is 1.78 bits per heavy atom. The maximum Gasteiger partial charge on any atom is 0.234 e. The summed E-state index contributed by atoms with van der Waals surface area (Å²) in [5.74, 6) is 1.24. The zero-order valence-corrected chi connectivity index (χ0v) is 5.99. The van der Waals surface area contributed by atoms with E-state index in [2.05, 4.69) is 4.99 Å². The lowest BCUT2D eigenvalue weighted by atomic mass is 10.2. The highest BCUT2D eigenvalue weighted by Gasteiger charge is 2.13. The van der Waals surface area contributed by atoms with Gasteiger partial charge in [0.15, 0.2) is 0 Å². The van der Waals surface area contributed by atoms with E-state index in [4.69, 9.17) is 0 Å². The number of aliphatic imine (C=N–C) groups is 1. The van der Waals surface area contributed by atoms with Crippen LogP contribution in [-0.2, 0) is 4.79 Å². The number of isocyanates is 1. The lowest BCUT2D eigenvalue weighted by molar-refractivity contribution is 0.562. The summed E-state index contributed by atoms with van der Waals surface area (Å²) in [6, 6.07) is 0. The van der Waals surface area contributed by atoms with Crippen LogP contribution in [0.1, 0.15) is 12.8 Å².